The molecular formula is C21H17Cl2F3N4O2. The molecule has 2 aromatic carbocycles. The SMILES string of the molecule is COc1ccc([C@@H]2C[C@H](C(F)(F)F)n3nc(C(=O)Nc4cccc(Cl)c4Cl)cc3N2)cc1. The Morgan fingerprint density at radius 3 is 2.59 bits per heavy atom. The summed E-state index contributed by atoms with van der Waals surface area (Å²) in [4.78, 5) is 12.7. The number of carbonyl (C=O) groups is 1. The Labute approximate surface area is 191 Å². The van der Waals surface area contributed by atoms with E-state index in [1.165, 1.54) is 19.2 Å². The topological polar surface area (TPSA) is 68.2 Å². The van der Waals surface area contributed by atoms with Gasteiger partial charge in [0.1, 0.15) is 11.6 Å². The number of carbonyl (C=O) groups excluding carboxylic acids is 1. The Kier molecular flexibility index (Phi) is 5.96. The van der Waals surface area contributed by atoms with Crippen molar-refractivity contribution in [1.29, 1.82) is 0 Å². The molecule has 2 heterocycles. The number of anilines is 2. The third-order valence-corrected chi connectivity index (χ3v) is 5.96. The van der Waals surface area contributed by atoms with Gasteiger partial charge in [-0.25, -0.2) is 4.68 Å². The van der Waals surface area contributed by atoms with E-state index in [0.29, 0.717) is 11.3 Å². The van der Waals surface area contributed by atoms with Crippen molar-refractivity contribution in [2.24, 2.45) is 0 Å². The lowest BCUT2D eigenvalue weighted by Crippen LogP contribution is -2.35. The second kappa shape index (κ2) is 8.55. The molecule has 0 saturated carbocycles. The van der Waals surface area contributed by atoms with Crippen molar-refractivity contribution < 1.29 is 22.7 Å². The van der Waals surface area contributed by atoms with Crippen molar-refractivity contribution >= 4 is 40.6 Å². The minimum absolute atomic E-state index is 0.0849. The second-order valence-corrected chi connectivity index (χ2v) is 7.96. The van der Waals surface area contributed by atoms with Crippen molar-refractivity contribution in [2.45, 2.75) is 24.7 Å². The third kappa shape index (κ3) is 4.35. The average molecular weight is 485 g/mol. The number of nitrogens with one attached hydrogen (secondary N) is 2. The van der Waals surface area contributed by atoms with E-state index in [4.69, 9.17) is 27.9 Å². The Morgan fingerprint density at radius 2 is 1.94 bits per heavy atom. The number of ether oxygens (including phenoxy) is 1. The van der Waals surface area contributed by atoms with E-state index in [-0.39, 0.29) is 33.7 Å². The summed E-state index contributed by atoms with van der Waals surface area (Å²) in [5.74, 6) is -0.0258. The van der Waals surface area contributed by atoms with E-state index in [1.54, 1.807) is 36.4 Å². The van der Waals surface area contributed by atoms with Crippen molar-refractivity contribution in [3.05, 3.63) is 69.8 Å². The molecule has 1 aliphatic heterocycles. The molecule has 0 bridgehead atoms. The molecule has 0 unspecified atom stereocenters. The van der Waals surface area contributed by atoms with Crippen LogP contribution in [0, 0.1) is 0 Å². The lowest BCUT2D eigenvalue weighted by molar-refractivity contribution is -0.173. The number of fused-ring (bicyclic) bond motifs is 1. The first kappa shape index (κ1) is 22.3. The van der Waals surface area contributed by atoms with Gasteiger partial charge in [0.25, 0.3) is 5.91 Å². The van der Waals surface area contributed by atoms with E-state index in [2.05, 4.69) is 15.7 Å². The molecule has 0 aliphatic carbocycles. The van der Waals surface area contributed by atoms with Gasteiger partial charge in [-0.2, -0.15) is 18.3 Å². The molecule has 6 nitrogen and oxygen atoms in total. The molecule has 32 heavy (non-hydrogen) atoms. The van der Waals surface area contributed by atoms with Gasteiger partial charge >= 0.3 is 6.18 Å². The van der Waals surface area contributed by atoms with Gasteiger partial charge in [-0.1, -0.05) is 41.4 Å². The summed E-state index contributed by atoms with van der Waals surface area (Å²) in [6, 6.07) is 10.2. The van der Waals surface area contributed by atoms with E-state index < -0.39 is 24.2 Å². The van der Waals surface area contributed by atoms with Gasteiger partial charge in [0.05, 0.1) is 28.9 Å². The van der Waals surface area contributed by atoms with Crippen LogP contribution in [0.4, 0.5) is 24.7 Å². The molecule has 2 N–H and O–H groups in total. The largest absolute Gasteiger partial charge is 0.497 e. The number of benzene rings is 2. The van der Waals surface area contributed by atoms with Gasteiger partial charge in [0, 0.05) is 12.5 Å². The number of rotatable bonds is 4. The highest BCUT2D eigenvalue weighted by Crippen LogP contribution is 2.44. The normalized spacial score (nSPS) is 17.9. The summed E-state index contributed by atoms with van der Waals surface area (Å²) in [6.07, 6.45) is -4.84. The van der Waals surface area contributed by atoms with Gasteiger partial charge in [-0.3, -0.25) is 4.79 Å². The van der Waals surface area contributed by atoms with Crippen molar-refractivity contribution in [1.82, 2.24) is 9.78 Å². The van der Waals surface area contributed by atoms with Gasteiger partial charge in [-0.15, -0.1) is 0 Å². The van der Waals surface area contributed by atoms with Crippen LogP contribution < -0.4 is 15.4 Å². The van der Waals surface area contributed by atoms with Crippen molar-refractivity contribution in [2.75, 3.05) is 17.7 Å². The van der Waals surface area contributed by atoms with Crippen LogP contribution in [0.15, 0.2) is 48.5 Å². The van der Waals surface area contributed by atoms with Crippen LogP contribution in [0.25, 0.3) is 0 Å². The maximum atomic E-state index is 13.8. The molecule has 0 saturated heterocycles. The lowest BCUT2D eigenvalue weighted by Gasteiger charge is -2.33. The van der Waals surface area contributed by atoms with Crippen LogP contribution in [0.3, 0.4) is 0 Å². The highest BCUT2D eigenvalue weighted by molar-refractivity contribution is 6.44. The van der Waals surface area contributed by atoms with Crippen molar-refractivity contribution in [3.63, 3.8) is 0 Å². The van der Waals surface area contributed by atoms with E-state index in [0.717, 1.165) is 4.68 Å². The van der Waals surface area contributed by atoms with Crippen LogP contribution in [0.2, 0.25) is 10.0 Å². The fourth-order valence-corrected chi connectivity index (χ4v) is 3.87. The number of methoxy groups -OCH3 is 1. The maximum Gasteiger partial charge on any atom is 0.410 e. The van der Waals surface area contributed by atoms with Crippen molar-refractivity contribution in [3.8, 4) is 5.75 Å². The molecule has 0 radical (unpaired) electrons. The van der Waals surface area contributed by atoms with Crippen LogP contribution in [0.1, 0.15) is 34.6 Å². The lowest BCUT2D eigenvalue weighted by atomic mass is 9.97. The smallest absolute Gasteiger partial charge is 0.410 e. The fraction of sp³-hybridized carbons (Fsp3) is 0.238. The molecule has 0 fully saturated rings. The maximum absolute atomic E-state index is 13.8. The first-order valence-corrected chi connectivity index (χ1v) is 10.2. The molecule has 0 spiro atoms. The number of hydrogen-bond donors (Lipinski definition) is 2. The summed E-state index contributed by atoms with van der Waals surface area (Å²) in [5.41, 5.74) is 0.698. The molecule has 4 rings (SSSR count). The first-order chi connectivity index (χ1) is 15.2. The molecule has 1 aliphatic rings. The standard InChI is InChI=1S/C21H17Cl2F3N4O2/c1-32-12-7-5-11(6-8-12)15-9-17(21(24,25)26)30-18(27-15)10-16(29-30)20(31)28-14-4-2-3-13(22)19(14)23/h2-8,10,15,17,27H,9H2,1H3,(H,28,31)/t15-,17+/m0/s1. The van der Waals surface area contributed by atoms with Gasteiger partial charge in [0.15, 0.2) is 11.7 Å². The number of halogens is 5. The minimum atomic E-state index is -4.56. The zero-order valence-corrected chi connectivity index (χ0v) is 18.1. The van der Waals surface area contributed by atoms with Gasteiger partial charge in [0.2, 0.25) is 0 Å². The Bertz CT molecular complexity index is 1150. The molecule has 2 atom stereocenters. The minimum Gasteiger partial charge on any atom is -0.497 e. The van der Waals surface area contributed by atoms with E-state index in [1.807, 2.05) is 0 Å². The van der Waals surface area contributed by atoms with E-state index >= 15 is 0 Å². The van der Waals surface area contributed by atoms with Crippen LogP contribution in [-0.2, 0) is 0 Å². The predicted molar refractivity (Wildman–Crippen MR) is 116 cm³/mol. The highest BCUT2D eigenvalue weighted by Gasteiger charge is 2.46. The summed E-state index contributed by atoms with van der Waals surface area (Å²) in [7, 11) is 1.51. The average Bonchev–Trinajstić information content (AvgIpc) is 3.20. The highest BCUT2D eigenvalue weighted by atomic mass is 35.5. The number of aromatic nitrogens is 2. The van der Waals surface area contributed by atoms with Gasteiger partial charge < -0.3 is 15.4 Å². The zero-order chi connectivity index (χ0) is 23.0. The number of amides is 1. The molecular weight excluding hydrogens is 468 g/mol. The number of hydrogen-bond acceptors (Lipinski definition) is 4. The first-order valence-electron chi connectivity index (χ1n) is 9.49. The zero-order valence-electron chi connectivity index (χ0n) is 16.6. The molecule has 1 amide bonds. The fourth-order valence-electron chi connectivity index (χ4n) is 3.53. The summed E-state index contributed by atoms with van der Waals surface area (Å²) in [6.45, 7) is 0. The Balaban J connectivity index is 1.64. The molecule has 1 aromatic heterocycles. The Hall–Kier alpha value is -2.91. The second-order valence-electron chi connectivity index (χ2n) is 7.18. The summed E-state index contributed by atoms with van der Waals surface area (Å²) >= 11 is 12.0. The quantitative estimate of drug-likeness (QED) is 0.468. The number of alkyl halides is 3. The van der Waals surface area contributed by atoms with Crippen LogP contribution in [0.5, 0.6) is 5.75 Å². The summed E-state index contributed by atoms with van der Waals surface area (Å²) in [5, 5.41) is 9.86. The van der Waals surface area contributed by atoms with Crippen LogP contribution in [-0.4, -0.2) is 29.0 Å². The van der Waals surface area contributed by atoms with Gasteiger partial charge in [-0.05, 0) is 29.8 Å². The van der Waals surface area contributed by atoms with Crippen LogP contribution >= 0.6 is 23.2 Å². The molecule has 3 aromatic rings. The van der Waals surface area contributed by atoms with E-state index in [9.17, 15) is 18.0 Å². The monoisotopic (exact) mass is 484 g/mol. The summed E-state index contributed by atoms with van der Waals surface area (Å²) < 4.78 is 47.4. The molecule has 168 valence electrons. The third-order valence-electron chi connectivity index (χ3n) is 5.14. The Morgan fingerprint density at radius 1 is 1.22 bits per heavy atom. The predicted octanol–water partition coefficient (Wildman–Crippen LogP) is 6.11. The number of nitrogens with zero attached hydrogens (tertiary/aromatic N) is 2. The molecule has 11 heteroatoms.